The molecule has 2 aromatic rings. The summed E-state index contributed by atoms with van der Waals surface area (Å²) in [5, 5.41) is 4.73. The zero-order chi connectivity index (χ0) is 11.2. The minimum absolute atomic E-state index is 0.668. The highest BCUT2D eigenvalue weighted by Crippen LogP contribution is 2.23. The Morgan fingerprint density at radius 3 is 2.50 bits per heavy atom. The van der Waals surface area contributed by atoms with Gasteiger partial charge in [-0.15, -0.1) is 9.63 Å². The van der Waals surface area contributed by atoms with E-state index in [0.29, 0.717) is 5.02 Å². The molecule has 2 rings (SSSR count). The van der Waals surface area contributed by atoms with Gasteiger partial charge in [-0.1, -0.05) is 35.9 Å². The molecular formula is C12H9ClN2S. The maximum absolute atomic E-state index is 5.83. The highest BCUT2D eigenvalue weighted by atomic mass is 35.5. The minimum atomic E-state index is 0.668. The lowest BCUT2D eigenvalue weighted by Crippen LogP contribution is -1.65. The number of hydrogen-bond acceptors (Lipinski definition) is 3. The van der Waals surface area contributed by atoms with Gasteiger partial charge in [-0.2, -0.15) is 0 Å². The van der Waals surface area contributed by atoms with Crippen LogP contribution in [-0.2, 0) is 0 Å². The second-order valence-corrected chi connectivity index (χ2v) is 4.32. The molecule has 0 radical (unpaired) electrons. The van der Waals surface area contributed by atoms with Crippen molar-refractivity contribution in [1.82, 2.24) is 0 Å². The van der Waals surface area contributed by atoms with Crippen molar-refractivity contribution >= 4 is 29.2 Å². The summed E-state index contributed by atoms with van der Waals surface area (Å²) in [5.41, 5.74) is 0.760. The number of benzene rings is 2. The maximum atomic E-state index is 5.83. The predicted molar refractivity (Wildman–Crippen MR) is 68.3 cm³/mol. The Hall–Kier alpha value is -1.32. The molecule has 0 heterocycles. The van der Waals surface area contributed by atoms with Crippen LogP contribution >= 0.6 is 23.5 Å². The van der Waals surface area contributed by atoms with Crippen LogP contribution in [0, 0.1) is 0 Å². The summed E-state index contributed by atoms with van der Waals surface area (Å²) in [5.74, 6) is 0. The van der Waals surface area contributed by atoms with E-state index in [1.807, 2.05) is 48.5 Å². The lowest BCUT2D eigenvalue weighted by molar-refractivity contribution is 1.32. The Morgan fingerprint density at radius 1 is 0.938 bits per heavy atom. The van der Waals surface area contributed by atoms with Crippen molar-refractivity contribution < 1.29 is 0 Å². The Labute approximate surface area is 103 Å². The molecule has 0 unspecified atom stereocenters. The monoisotopic (exact) mass is 248 g/mol. The van der Waals surface area contributed by atoms with Gasteiger partial charge in [-0.25, -0.2) is 0 Å². The van der Waals surface area contributed by atoms with Gasteiger partial charge in [0.1, 0.15) is 0 Å². The SMILES string of the molecule is Clc1cccc(N=NSc2ccccc2)c1. The third-order valence-electron chi connectivity index (χ3n) is 1.85. The van der Waals surface area contributed by atoms with E-state index < -0.39 is 0 Å². The molecule has 0 aliphatic carbocycles. The Balaban J connectivity index is 2.00. The van der Waals surface area contributed by atoms with Crippen LogP contribution in [0.1, 0.15) is 0 Å². The number of rotatable bonds is 3. The fraction of sp³-hybridized carbons (Fsp3) is 0. The molecule has 2 aromatic carbocycles. The second kappa shape index (κ2) is 5.68. The molecule has 0 fully saturated rings. The first-order valence-electron chi connectivity index (χ1n) is 4.73. The average Bonchev–Trinajstić information content (AvgIpc) is 2.30. The largest absolute Gasteiger partial charge is 0.143 e. The van der Waals surface area contributed by atoms with Crippen LogP contribution in [0.15, 0.2) is 69.1 Å². The molecule has 0 N–H and O–H groups in total. The van der Waals surface area contributed by atoms with Crippen LogP contribution in [0.3, 0.4) is 0 Å². The normalized spacial score (nSPS) is 10.8. The van der Waals surface area contributed by atoms with Gasteiger partial charge >= 0.3 is 0 Å². The molecule has 2 nitrogen and oxygen atoms in total. The lowest BCUT2D eigenvalue weighted by Gasteiger charge is -1.93. The zero-order valence-electron chi connectivity index (χ0n) is 8.38. The summed E-state index contributed by atoms with van der Waals surface area (Å²) < 4.78 is 4.04. The fourth-order valence-corrected chi connectivity index (χ4v) is 1.83. The summed E-state index contributed by atoms with van der Waals surface area (Å²) in [4.78, 5) is 1.06. The molecule has 0 aliphatic rings. The average molecular weight is 249 g/mol. The van der Waals surface area contributed by atoms with Crippen molar-refractivity contribution in [3.8, 4) is 0 Å². The second-order valence-electron chi connectivity index (χ2n) is 3.07. The Bertz CT molecular complexity index is 485. The Morgan fingerprint density at radius 2 is 1.75 bits per heavy atom. The molecular weight excluding hydrogens is 240 g/mol. The van der Waals surface area contributed by atoms with Crippen LogP contribution in [0.25, 0.3) is 0 Å². The van der Waals surface area contributed by atoms with Gasteiger partial charge in [-0.3, -0.25) is 0 Å². The van der Waals surface area contributed by atoms with Crippen LogP contribution in [-0.4, -0.2) is 0 Å². The number of hydrogen-bond donors (Lipinski definition) is 0. The van der Waals surface area contributed by atoms with Crippen molar-refractivity contribution in [3.63, 3.8) is 0 Å². The molecule has 0 atom stereocenters. The van der Waals surface area contributed by atoms with Gasteiger partial charge in [0.15, 0.2) is 0 Å². The summed E-state index contributed by atoms with van der Waals surface area (Å²) in [7, 11) is 0. The van der Waals surface area contributed by atoms with E-state index >= 15 is 0 Å². The highest BCUT2D eigenvalue weighted by molar-refractivity contribution is 7.97. The van der Waals surface area contributed by atoms with Gasteiger partial charge in [0.2, 0.25) is 0 Å². The van der Waals surface area contributed by atoms with E-state index in [4.69, 9.17) is 11.6 Å². The first-order chi connectivity index (χ1) is 7.84. The van der Waals surface area contributed by atoms with Gasteiger partial charge in [-0.05, 0) is 30.3 Å². The summed E-state index contributed by atoms with van der Waals surface area (Å²) >= 11 is 7.17. The standard InChI is InChI=1S/C12H9ClN2S/c13-10-5-4-6-11(9-10)14-15-16-12-7-2-1-3-8-12/h1-9H. The third kappa shape index (κ3) is 3.36. The molecule has 0 aromatic heterocycles. The first kappa shape index (κ1) is 11.2. The molecule has 0 bridgehead atoms. The van der Waals surface area contributed by atoms with E-state index in [0.717, 1.165) is 10.6 Å². The minimum Gasteiger partial charge on any atom is -0.143 e. The van der Waals surface area contributed by atoms with Crippen molar-refractivity contribution in [1.29, 1.82) is 0 Å². The van der Waals surface area contributed by atoms with E-state index in [9.17, 15) is 0 Å². The van der Waals surface area contributed by atoms with Crippen LogP contribution in [0.5, 0.6) is 0 Å². The summed E-state index contributed by atoms with van der Waals surface area (Å²) in [6.07, 6.45) is 0. The van der Waals surface area contributed by atoms with E-state index in [2.05, 4.69) is 9.63 Å². The number of halogens is 1. The van der Waals surface area contributed by atoms with Gasteiger partial charge < -0.3 is 0 Å². The molecule has 0 aliphatic heterocycles. The fourth-order valence-electron chi connectivity index (χ4n) is 1.13. The topological polar surface area (TPSA) is 24.7 Å². The lowest BCUT2D eigenvalue weighted by atomic mass is 10.3. The number of nitrogens with zero attached hydrogens (tertiary/aromatic N) is 2. The molecule has 0 amide bonds. The van der Waals surface area contributed by atoms with E-state index in [-0.39, 0.29) is 0 Å². The molecule has 16 heavy (non-hydrogen) atoms. The van der Waals surface area contributed by atoms with Gasteiger partial charge in [0.25, 0.3) is 0 Å². The first-order valence-corrected chi connectivity index (χ1v) is 5.88. The Kier molecular flexibility index (Phi) is 3.97. The molecule has 0 spiro atoms. The zero-order valence-corrected chi connectivity index (χ0v) is 9.95. The maximum Gasteiger partial charge on any atom is 0.0878 e. The van der Waals surface area contributed by atoms with Crippen molar-refractivity contribution in [2.24, 2.45) is 9.63 Å². The molecule has 0 saturated heterocycles. The predicted octanol–water partition coefficient (Wildman–Crippen LogP) is 5.13. The van der Waals surface area contributed by atoms with Crippen LogP contribution in [0.4, 0.5) is 5.69 Å². The third-order valence-corrected chi connectivity index (χ3v) is 2.74. The summed E-state index contributed by atoms with van der Waals surface area (Å²) in [6, 6.07) is 17.2. The van der Waals surface area contributed by atoms with E-state index in [1.165, 1.54) is 11.9 Å². The smallest absolute Gasteiger partial charge is 0.0878 e. The van der Waals surface area contributed by atoms with Crippen LogP contribution in [0.2, 0.25) is 5.02 Å². The van der Waals surface area contributed by atoms with Gasteiger partial charge in [0, 0.05) is 21.9 Å². The highest BCUT2D eigenvalue weighted by Gasteiger charge is 1.92. The van der Waals surface area contributed by atoms with E-state index in [1.54, 1.807) is 6.07 Å². The molecule has 4 heteroatoms. The van der Waals surface area contributed by atoms with Crippen molar-refractivity contribution in [2.45, 2.75) is 4.90 Å². The molecule has 0 saturated carbocycles. The summed E-state index contributed by atoms with van der Waals surface area (Å²) in [6.45, 7) is 0. The molecule has 80 valence electrons. The van der Waals surface area contributed by atoms with Crippen LogP contribution < -0.4 is 0 Å². The quantitative estimate of drug-likeness (QED) is 0.546. The van der Waals surface area contributed by atoms with Crippen molar-refractivity contribution in [3.05, 3.63) is 59.6 Å². The van der Waals surface area contributed by atoms with Gasteiger partial charge in [0.05, 0.1) is 5.69 Å². The van der Waals surface area contributed by atoms with Crippen molar-refractivity contribution in [2.75, 3.05) is 0 Å².